The van der Waals surface area contributed by atoms with Gasteiger partial charge >= 0.3 is 0 Å². The van der Waals surface area contributed by atoms with E-state index in [1.165, 1.54) is 0 Å². The molecule has 1 aromatic heterocycles. The van der Waals surface area contributed by atoms with Gasteiger partial charge < -0.3 is 10.8 Å². The summed E-state index contributed by atoms with van der Waals surface area (Å²) in [5, 5.41) is 14.1. The van der Waals surface area contributed by atoms with Gasteiger partial charge in [-0.05, 0) is 12.5 Å². The van der Waals surface area contributed by atoms with Crippen LogP contribution in [-0.4, -0.2) is 14.9 Å². The van der Waals surface area contributed by atoms with Crippen molar-refractivity contribution in [3.63, 3.8) is 0 Å². The summed E-state index contributed by atoms with van der Waals surface area (Å²) in [7, 11) is 1.75. The Morgan fingerprint density at radius 2 is 2.06 bits per heavy atom. The molecule has 0 radical (unpaired) electrons. The number of hydrogen-bond acceptors (Lipinski definition) is 3. The number of rotatable bonds is 1. The second-order valence-corrected chi connectivity index (χ2v) is 4.04. The summed E-state index contributed by atoms with van der Waals surface area (Å²) in [6, 6.07) is 3.62. The first-order valence-corrected chi connectivity index (χ1v) is 5.16. The number of halogens is 1. The van der Waals surface area contributed by atoms with Crippen molar-refractivity contribution in [2.45, 2.75) is 6.92 Å². The molecule has 4 nitrogen and oxygen atoms in total. The van der Waals surface area contributed by atoms with Crippen molar-refractivity contribution in [2.24, 2.45) is 7.05 Å². The fourth-order valence-electron chi connectivity index (χ4n) is 1.52. The molecular formula is C11H12ClN3O. The lowest BCUT2D eigenvalue weighted by Gasteiger charge is -2.07. The van der Waals surface area contributed by atoms with E-state index in [1.54, 1.807) is 30.9 Å². The van der Waals surface area contributed by atoms with Crippen molar-refractivity contribution in [1.29, 1.82) is 0 Å². The third-order valence-electron chi connectivity index (χ3n) is 2.59. The molecular weight excluding hydrogens is 226 g/mol. The molecule has 0 saturated heterocycles. The molecule has 0 aliphatic heterocycles. The third-order valence-corrected chi connectivity index (χ3v) is 2.98. The molecule has 0 fully saturated rings. The molecule has 2 aromatic rings. The van der Waals surface area contributed by atoms with E-state index in [1.807, 2.05) is 6.07 Å². The highest BCUT2D eigenvalue weighted by molar-refractivity contribution is 6.35. The average molecular weight is 238 g/mol. The highest BCUT2D eigenvalue weighted by Gasteiger charge is 2.14. The first-order chi connectivity index (χ1) is 7.52. The van der Waals surface area contributed by atoms with E-state index in [-0.39, 0.29) is 5.75 Å². The Morgan fingerprint density at radius 3 is 2.62 bits per heavy atom. The molecule has 3 N–H and O–H groups in total. The van der Waals surface area contributed by atoms with Crippen LogP contribution in [0.2, 0.25) is 5.02 Å². The zero-order chi connectivity index (χ0) is 11.9. The monoisotopic (exact) mass is 237 g/mol. The minimum absolute atomic E-state index is 0.0856. The highest BCUT2D eigenvalue weighted by Crippen LogP contribution is 2.38. The molecule has 0 unspecified atom stereocenters. The first kappa shape index (κ1) is 10.8. The predicted octanol–water partition coefficient (Wildman–Crippen LogP) is 2.34. The minimum atomic E-state index is 0.0856. The second kappa shape index (κ2) is 3.72. The Labute approximate surface area is 98.3 Å². The van der Waals surface area contributed by atoms with Gasteiger partial charge in [0.25, 0.3) is 0 Å². The number of benzene rings is 1. The summed E-state index contributed by atoms with van der Waals surface area (Å²) in [5.41, 5.74) is 8.00. The van der Waals surface area contributed by atoms with E-state index < -0.39 is 0 Å². The maximum atomic E-state index is 9.75. The van der Waals surface area contributed by atoms with Gasteiger partial charge in [0.05, 0.1) is 11.2 Å². The van der Waals surface area contributed by atoms with Crippen LogP contribution in [-0.2, 0) is 7.05 Å². The lowest BCUT2D eigenvalue weighted by atomic mass is 10.1. The number of phenolic OH excluding ortho intramolecular Hbond substituents is 1. The van der Waals surface area contributed by atoms with Gasteiger partial charge in [0, 0.05) is 18.2 Å². The molecule has 0 aliphatic carbocycles. The molecule has 1 heterocycles. The van der Waals surface area contributed by atoms with Gasteiger partial charge in [-0.2, -0.15) is 5.10 Å². The minimum Gasteiger partial charge on any atom is -0.506 e. The number of aryl methyl sites for hydroxylation is 2. The zero-order valence-corrected chi connectivity index (χ0v) is 9.78. The average Bonchev–Trinajstić information content (AvgIpc) is 2.58. The standard InChI is InChI=1S/C11H12ClN3O/c1-6-3-4-7(9(12)10(6)16)8-5-14-15(2)11(8)13/h3-5,16H,13H2,1-2H3. The third kappa shape index (κ3) is 1.51. The summed E-state index contributed by atoms with van der Waals surface area (Å²) in [6.07, 6.45) is 1.63. The van der Waals surface area contributed by atoms with E-state index in [0.717, 1.165) is 11.1 Å². The first-order valence-electron chi connectivity index (χ1n) is 4.78. The quantitative estimate of drug-likeness (QED) is 0.800. The normalized spacial score (nSPS) is 10.7. The fourth-order valence-corrected chi connectivity index (χ4v) is 1.84. The van der Waals surface area contributed by atoms with E-state index in [9.17, 15) is 5.11 Å². The van der Waals surface area contributed by atoms with Crippen LogP contribution < -0.4 is 5.73 Å². The Bertz CT molecular complexity index is 548. The summed E-state index contributed by atoms with van der Waals surface area (Å²) < 4.78 is 1.56. The van der Waals surface area contributed by atoms with Gasteiger partial charge in [-0.3, -0.25) is 4.68 Å². The van der Waals surface area contributed by atoms with E-state index >= 15 is 0 Å². The fraction of sp³-hybridized carbons (Fsp3) is 0.182. The Balaban J connectivity index is 2.66. The molecule has 84 valence electrons. The summed E-state index contributed by atoms with van der Waals surface area (Å²) in [4.78, 5) is 0. The van der Waals surface area contributed by atoms with Gasteiger partial charge in [0.1, 0.15) is 11.6 Å². The predicted molar refractivity (Wildman–Crippen MR) is 64.5 cm³/mol. The topological polar surface area (TPSA) is 64.1 Å². The summed E-state index contributed by atoms with van der Waals surface area (Å²) in [6.45, 7) is 1.79. The molecule has 16 heavy (non-hydrogen) atoms. The number of phenols is 1. The van der Waals surface area contributed by atoms with Crippen molar-refractivity contribution < 1.29 is 5.11 Å². The van der Waals surface area contributed by atoms with Gasteiger partial charge in [-0.25, -0.2) is 0 Å². The van der Waals surface area contributed by atoms with Crippen molar-refractivity contribution in [1.82, 2.24) is 9.78 Å². The van der Waals surface area contributed by atoms with Crippen molar-refractivity contribution in [2.75, 3.05) is 5.73 Å². The van der Waals surface area contributed by atoms with Crippen LogP contribution in [0.1, 0.15) is 5.56 Å². The highest BCUT2D eigenvalue weighted by atomic mass is 35.5. The van der Waals surface area contributed by atoms with Crippen LogP contribution in [0, 0.1) is 6.92 Å². The summed E-state index contributed by atoms with van der Waals surface area (Å²) >= 11 is 6.07. The van der Waals surface area contributed by atoms with E-state index in [2.05, 4.69) is 5.10 Å². The summed E-state index contributed by atoms with van der Waals surface area (Å²) in [5.74, 6) is 0.604. The van der Waals surface area contributed by atoms with Crippen LogP contribution in [0.3, 0.4) is 0 Å². The van der Waals surface area contributed by atoms with Gasteiger partial charge in [0.15, 0.2) is 0 Å². The van der Waals surface area contributed by atoms with Gasteiger partial charge in [-0.1, -0.05) is 23.7 Å². The Morgan fingerprint density at radius 1 is 1.38 bits per heavy atom. The Kier molecular flexibility index (Phi) is 2.52. The SMILES string of the molecule is Cc1ccc(-c2cnn(C)c2N)c(Cl)c1O. The second-order valence-electron chi connectivity index (χ2n) is 3.66. The number of nitrogens with two attached hydrogens (primary N) is 1. The smallest absolute Gasteiger partial charge is 0.137 e. The zero-order valence-electron chi connectivity index (χ0n) is 9.03. The number of aromatic nitrogens is 2. The maximum absolute atomic E-state index is 9.75. The van der Waals surface area contributed by atoms with E-state index in [0.29, 0.717) is 16.4 Å². The van der Waals surface area contributed by atoms with Crippen LogP contribution in [0.5, 0.6) is 5.75 Å². The van der Waals surface area contributed by atoms with Crippen molar-refractivity contribution in [3.8, 4) is 16.9 Å². The molecule has 2 rings (SSSR count). The van der Waals surface area contributed by atoms with Crippen molar-refractivity contribution >= 4 is 17.4 Å². The van der Waals surface area contributed by atoms with Crippen LogP contribution in [0.25, 0.3) is 11.1 Å². The lowest BCUT2D eigenvalue weighted by Crippen LogP contribution is -1.98. The number of nitrogens with zero attached hydrogens (tertiary/aromatic N) is 2. The Hall–Kier alpha value is -1.68. The van der Waals surface area contributed by atoms with E-state index in [4.69, 9.17) is 17.3 Å². The maximum Gasteiger partial charge on any atom is 0.137 e. The number of nitrogen functional groups attached to an aromatic ring is 1. The van der Waals surface area contributed by atoms with Crippen LogP contribution in [0.4, 0.5) is 5.82 Å². The van der Waals surface area contributed by atoms with Gasteiger partial charge in [-0.15, -0.1) is 0 Å². The number of anilines is 1. The van der Waals surface area contributed by atoms with Crippen LogP contribution in [0.15, 0.2) is 18.3 Å². The molecule has 0 bridgehead atoms. The lowest BCUT2D eigenvalue weighted by molar-refractivity contribution is 0.471. The van der Waals surface area contributed by atoms with Crippen LogP contribution >= 0.6 is 11.6 Å². The molecule has 0 spiro atoms. The molecule has 0 aliphatic rings. The number of hydrogen-bond donors (Lipinski definition) is 2. The molecule has 5 heteroatoms. The molecule has 0 atom stereocenters. The largest absolute Gasteiger partial charge is 0.506 e. The molecule has 1 aromatic carbocycles. The van der Waals surface area contributed by atoms with Gasteiger partial charge in [0.2, 0.25) is 0 Å². The van der Waals surface area contributed by atoms with Crippen molar-refractivity contribution in [3.05, 3.63) is 28.9 Å². The number of aromatic hydroxyl groups is 1. The molecule has 0 amide bonds. The molecule has 0 saturated carbocycles.